The molecule has 4 rings (SSSR count). The van der Waals surface area contributed by atoms with Crippen LogP contribution in [0.25, 0.3) is 5.69 Å². The van der Waals surface area contributed by atoms with Crippen LogP contribution in [-0.2, 0) is 12.7 Å². The van der Waals surface area contributed by atoms with Crippen LogP contribution in [0, 0.1) is 6.92 Å². The van der Waals surface area contributed by atoms with E-state index in [0.29, 0.717) is 11.8 Å². The van der Waals surface area contributed by atoms with Crippen molar-refractivity contribution in [3.8, 4) is 5.69 Å². The third-order valence-electron chi connectivity index (χ3n) is 4.67. The van der Waals surface area contributed by atoms with E-state index < -0.39 is 11.7 Å². The highest BCUT2D eigenvalue weighted by atomic mass is 19.4. The van der Waals surface area contributed by atoms with E-state index in [1.54, 1.807) is 31.7 Å². The fraction of sp³-hybridized carbons (Fsp3) is 0.136. The summed E-state index contributed by atoms with van der Waals surface area (Å²) in [5, 5.41) is 6.10. The second kappa shape index (κ2) is 8.47. The first kappa shape index (κ1) is 20.4. The number of alkyl halides is 3. The molecular weight excluding hydrogens is 405 g/mol. The maximum absolute atomic E-state index is 13.2. The van der Waals surface area contributed by atoms with E-state index >= 15 is 0 Å². The number of aryl methyl sites for hydroxylation is 1. The predicted octanol–water partition coefficient (Wildman–Crippen LogP) is 5.35. The van der Waals surface area contributed by atoms with E-state index in [2.05, 4.69) is 25.6 Å². The van der Waals surface area contributed by atoms with Crippen LogP contribution in [0.3, 0.4) is 0 Å². The molecule has 0 amide bonds. The minimum Gasteiger partial charge on any atom is -0.366 e. The summed E-state index contributed by atoms with van der Waals surface area (Å²) in [6.45, 7) is 1.79. The van der Waals surface area contributed by atoms with E-state index in [1.807, 2.05) is 35.0 Å². The summed E-state index contributed by atoms with van der Waals surface area (Å²) >= 11 is 0. The number of hydrogen-bond acceptors (Lipinski definition) is 5. The van der Waals surface area contributed by atoms with Gasteiger partial charge in [-0.05, 0) is 42.8 Å². The summed E-state index contributed by atoms with van der Waals surface area (Å²) in [5.41, 5.74) is 1.95. The minimum absolute atomic E-state index is 0.00736. The third kappa shape index (κ3) is 4.82. The molecule has 4 aromatic rings. The number of halogens is 3. The monoisotopic (exact) mass is 424 g/mol. The van der Waals surface area contributed by atoms with Gasteiger partial charge in [0.2, 0.25) is 5.95 Å². The van der Waals surface area contributed by atoms with Gasteiger partial charge in [-0.3, -0.25) is 0 Å². The van der Waals surface area contributed by atoms with Crippen molar-refractivity contribution in [3.05, 3.63) is 90.1 Å². The van der Waals surface area contributed by atoms with Gasteiger partial charge in [0, 0.05) is 42.1 Å². The molecule has 2 aromatic carbocycles. The van der Waals surface area contributed by atoms with Crippen molar-refractivity contribution in [3.63, 3.8) is 0 Å². The molecule has 2 heterocycles. The van der Waals surface area contributed by atoms with Gasteiger partial charge in [-0.25, -0.2) is 9.97 Å². The van der Waals surface area contributed by atoms with Gasteiger partial charge in [-0.2, -0.15) is 18.2 Å². The topological polar surface area (TPSA) is 67.7 Å². The summed E-state index contributed by atoms with van der Waals surface area (Å²) in [6.07, 6.45) is 2.47. The van der Waals surface area contributed by atoms with Crippen molar-refractivity contribution in [2.24, 2.45) is 0 Å². The molecule has 158 valence electrons. The van der Waals surface area contributed by atoms with Gasteiger partial charge >= 0.3 is 6.18 Å². The number of rotatable bonds is 6. The highest BCUT2D eigenvalue weighted by molar-refractivity contribution is 5.58. The number of imidazole rings is 1. The maximum atomic E-state index is 13.2. The van der Waals surface area contributed by atoms with Crippen molar-refractivity contribution in [2.75, 3.05) is 10.6 Å². The molecule has 0 saturated heterocycles. The Kier molecular flexibility index (Phi) is 5.57. The molecule has 0 fully saturated rings. The molecule has 0 unspecified atom stereocenters. The van der Waals surface area contributed by atoms with E-state index in [-0.39, 0.29) is 12.1 Å². The normalized spacial score (nSPS) is 11.4. The number of anilines is 3. The molecule has 6 nitrogen and oxygen atoms in total. The zero-order valence-electron chi connectivity index (χ0n) is 16.6. The van der Waals surface area contributed by atoms with Crippen LogP contribution in [0.4, 0.5) is 30.6 Å². The number of aromatic nitrogens is 4. The first-order valence-corrected chi connectivity index (χ1v) is 9.48. The van der Waals surface area contributed by atoms with E-state index in [4.69, 9.17) is 0 Å². The fourth-order valence-corrected chi connectivity index (χ4v) is 3.07. The molecule has 2 N–H and O–H groups in total. The Balaban J connectivity index is 1.48. The highest BCUT2D eigenvalue weighted by Gasteiger charge is 2.32. The van der Waals surface area contributed by atoms with Crippen LogP contribution >= 0.6 is 0 Å². The number of nitrogens with zero attached hydrogens (tertiary/aromatic N) is 4. The summed E-state index contributed by atoms with van der Waals surface area (Å²) in [4.78, 5) is 12.7. The van der Waals surface area contributed by atoms with Gasteiger partial charge in [-0.1, -0.05) is 18.2 Å². The highest BCUT2D eigenvalue weighted by Crippen LogP contribution is 2.32. The van der Waals surface area contributed by atoms with Gasteiger partial charge in [0.05, 0.1) is 11.9 Å². The van der Waals surface area contributed by atoms with Gasteiger partial charge in [0.15, 0.2) is 0 Å². The molecule has 2 aromatic heterocycles. The second-order valence-corrected chi connectivity index (χ2v) is 6.88. The van der Waals surface area contributed by atoms with Crippen LogP contribution in [0.5, 0.6) is 0 Å². The SMILES string of the molecule is Cc1cnc(Nc2ccc(-n3ccnc3)cc2)nc1NCc1ccccc1C(F)(F)F. The molecule has 0 saturated carbocycles. The van der Waals surface area contributed by atoms with Gasteiger partial charge in [0.1, 0.15) is 5.82 Å². The predicted molar refractivity (Wildman–Crippen MR) is 112 cm³/mol. The summed E-state index contributed by atoms with van der Waals surface area (Å²) in [6, 6.07) is 13.1. The lowest BCUT2D eigenvalue weighted by Crippen LogP contribution is -2.13. The standard InChI is InChI=1S/C22H19F3N6/c1-15-12-28-21(29-17-6-8-18(9-7-17)31-11-10-26-14-31)30-20(15)27-13-16-4-2-3-5-19(16)22(23,24)25/h2-12,14H,13H2,1H3,(H2,27,28,29,30). The molecule has 31 heavy (non-hydrogen) atoms. The Morgan fingerprint density at radius 1 is 1.03 bits per heavy atom. The lowest BCUT2D eigenvalue weighted by molar-refractivity contribution is -0.138. The van der Waals surface area contributed by atoms with Gasteiger partial charge in [-0.15, -0.1) is 0 Å². The fourth-order valence-electron chi connectivity index (χ4n) is 3.07. The van der Waals surface area contributed by atoms with Gasteiger partial charge in [0.25, 0.3) is 0 Å². The number of benzene rings is 2. The Bertz CT molecular complexity index is 1150. The minimum atomic E-state index is -4.41. The van der Waals surface area contributed by atoms with Crippen molar-refractivity contribution in [2.45, 2.75) is 19.6 Å². The maximum Gasteiger partial charge on any atom is 0.416 e. The van der Waals surface area contributed by atoms with Crippen molar-refractivity contribution in [1.82, 2.24) is 19.5 Å². The van der Waals surface area contributed by atoms with E-state index in [0.717, 1.165) is 23.0 Å². The molecule has 0 spiro atoms. The largest absolute Gasteiger partial charge is 0.416 e. The lowest BCUT2D eigenvalue weighted by Gasteiger charge is -2.15. The van der Waals surface area contributed by atoms with Crippen LogP contribution in [-0.4, -0.2) is 19.5 Å². The molecule has 0 aliphatic carbocycles. The van der Waals surface area contributed by atoms with Crippen molar-refractivity contribution >= 4 is 17.5 Å². The quantitative estimate of drug-likeness (QED) is 0.437. The summed E-state index contributed by atoms with van der Waals surface area (Å²) < 4.78 is 41.5. The average molecular weight is 424 g/mol. The summed E-state index contributed by atoms with van der Waals surface area (Å²) in [5.74, 6) is 0.803. The lowest BCUT2D eigenvalue weighted by atomic mass is 10.1. The molecule has 0 radical (unpaired) electrons. The Morgan fingerprint density at radius 2 is 1.81 bits per heavy atom. The van der Waals surface area contributed by atoms with Crippen LogP contribution in [0.1, 0.15) is 16.7 Å². The second-order valence-electron chi connectivity index (χ2n) is 6.88. The Hall–Kier alpha value is -3.88. The van der Waals surface area contributed by atoms with E-state index in [9.17, 15) is 13.2 Å². The molecule has 9 heteroatoms. The first-order valence-electron chi connectivity index (χ1n) is 9.48. The molecule has 0 aliphatic rings. The third-order valence-corrected chi connectivity index (χ3v) is 4.67. The Labute approximate surface area is 176 Å². The van der Waals surface area contributed by atoms with Crippen molar-refractivity contribution in [1.29, 1.82) is 0 Å². The Morgan fingerprint density at radius 3 is 2.52 bits per heavy atom. The zero-order chi connectivity index (χ0) is 21.8. The van der Waals surface area contributed by atoms with Gasteiger partial charge < -0.3 is 15.2 Å². The molecular formula is C22H19F3N6. The average Bonchev–Trinajstić information content (AvgIpc) is 3.29. The molecule has 0 bridgehead atoms. The molecule has 0 aliphatic heterocycles. The van der Waals surface area contributed by atoms with Crippen LogP contribution < -0.4 is 10.6 Å². The summed E-state index contributed by atoms with van der Waals surface area (Å²) in [7, 11) is 0. The first-order chi connectivity index (χ1) is 14.9. The van der Waals surface area contributed by atoms with Crippen LogP contribution in [0.15, 0.2) is 73.4 Å². The smallest absolute Gasteiger partial charge is 0.366 e. The zero-order valence-corrected chi connectivity index (χ0v) is 16.6. The van der Waals surface area contributed by atoms with E-state index in [1.165, 1.54) is 12.1 Å². The van der Waals surface area contributed by atoms with Crippen molar-refractivity contribution < 1.29 is 13.2 Å². The molecule has 0 atom stereocenters. The number of nitrogens with one attached hydrogen (secondary N) is 2. The van der Waals surface area contributed by atoms with Crippen LogP contribution in [0.2, 0.25) is 0 Å². The number of hydrogen-bond donors (Lipinski definition) is 2.